The number of hydrogen-bond acceptors (Lipinski definition) is 4. The van der Waals surface area contributed by atoms with Gasteiger partial charge in [-0.3, -0.25) is 4.90 Å². The fraction of sp³-hybridized carbons (Fsp3) is 0.524. The van der Waals surface area contributed by atoms with Gasteiger partial charge in [-0.05, 0) is 56.5 Å². The Morgan fingerprint density at radius 3 is 2.71 bits per heavy atom. The zero-order valence-corrected chi connectivity index (χ0v) is 17.1. The molecule has 0 bridgehead atoms. The number of rotatable bonds is 7. The van der Waals surface area contributed by atoms with Crippen LogP contribution in [0.25, 0.3) is 0 Å². The number of urea groups is 1. The van der Waals surface area contributed by atoms with E-state index < -0.39 is 6.03 Å². The number of nitrogens with zero attached hydrogens (tertiary/aromatic N) is 1. The van der Waals surface area contributed by atoms with Crippen LogP contribution in [0.2, 0.25) is 5.02 Å². The number of carbonyl (C=O) groups is 2. The number of halogens is 1. The summed E-state index contributed by atoms with van der Waals surface area (Å²) >= 11 is 6.32. The van der Waals surface area contributed by atoms with Gasteiger partial charge >= 0.3 is 12.0 Å². The minimum atomic E-state index is -0.401. The minimum absolute atomic E-state index is 0.103. The average Bonchev–Trinajstić information content (AvgIpc) is 3.01. The topological polar surface area (TPSA) is 70.7 Å². The van der Waals surface area contributed by atoms with Crippen LogP contribution in [0.5, 0.6) is 0 Å². The first kappa shape index (κ1) is 20.7. The number of hydrogen-bond donors (Lipinski definition) is 2. The number of esters is 1. The van der Waals surface area contributed by atoms with Crippen molar-refractivity contribution >= 4 is 29.3 Å². The van der Waals surface area contributed by atoms with Gasteiger partial charge in [-0.1, -0.05) is 37.4 Å². The Morgan fingerprint density at radius 1 is 1.21 bits per heavy atom. The summed E-state index contributed by atoms with van der Waals surface area (Å²) in [6.45, 7) is 4.71. The maximum atomic E-state index is 12.4. The van der Waals surface area contributed by atoms with Crippen LogP contribution >= 0.6 is 11.6 Å². The molecule has 1 fully saturated rings. The monoisotopic (exact) mass is 405 g/mol. The van der Waals surface area contributed by atoms with Gasteiger partial charge in [0.05, 0.1) is 11.3 Å². The number of nitrogens with one attached hydrogen (secondary N) is 2. The number of piperidine rings is 1. The molecule has 28 heavy (non-hydrogen) atoms. The zero-order chi connectivity index (χ0) is 19.9. The molecule has 1 aromatic carbocycles. The molecular weight excluding hydrogens is 378 g/mol. The van der Waals surface area contributed by atoms with Crippen molar-refractivity contribution in [2.45, 2.75) is 45.4 Å². The molecule has 0 saturated carbocycles. The lowest BCUT2D eigenvalue weighted by atomic mass is 10.1. The second-order valence-electron chi connectivity index (χ2n) is 7.36. The van der Waals surface area contributed by atoms with Gasteiger partial charge in [-0.25, -0.2) is 9.59 Å². The summed E-state index contributed by atoms with van der Waals surface area (Å²) in [7, 11) is 0. The van der Waals surface area contributed by atoms with Gasteiger partial charge in [0.25, 0.3) is 0 Å². The summed E-state index contributed by atoms with van der Waals surface area (Å²) in [6.07, 6.45) is 6.62. The van der Waals surface area contributed by atoms with E-state index in [1.807, 2.05) is 12.1 Å². The van der Waals surface area contributed by atoms with Crippen LogP contribution in [0.15, 0.2) is 29.5 Å². The SMILES string of the molecule is CCCCc1ccc(NC(=O)NC2=C(CN3CCCCC3)C(=O)OC2)cc1Cl. The fourth-order valence-corrected chi connectivity index (χ4v) is 3.82. The molecule has 0 aliphatic carbocycles. The fourth-order valence-electron chi connectivity index (χ4n) is 3.54. The first-order valence-electron chi connectivity index (χ1n) is 10.0. The number of cyclic esters (lactones) is 1. The molecule has 2 aliphatic rings. The molecule has 2 N–H and O–H groups in total. The zero-order valence-electron chi connectivity index (χ0n) is 16.4. The van der Waals surface area contributed by atoms with Crippen molar-refractivity contribution in [1.29, 1.82) is 0 Å². The van der Waals surface area contributed by atoms with Crippen molar-refractivity contribution in [3.05, 3.63) is 40.1 Å². The van der Waals surface area contributed by atoms with E-state index in [2.05, 4.69) is 22.5 Å². The van der Waals surface area contributed by atoms with Crippen LogP contribution in [-0.4, -0.2) is 43.1 Å². The highest BCUT2D eigenvalue weighted by atomic mass is 35.5. The number of likely N-dealkylation sites (tertiary alicyclic amines) is 1. The normalized spacial score (nSPS) is 17.6. The molecule has 6 nitrogen and oxygen atoms in total. The smallest absolute Gasteiger partial charge is 0.337 e. The molecule has 152 valence electrons. The maximum absolute atomic E-state index is 12.4. The van der Waals surface area contributed by atoms with Crippen molar-refractivity contribution in [2.24, 2.45) is 0 Å². The van der Waals surface area contributed by atoms with E-state index >= 15 is 0 Å². The molecule has 3 rings (SSSR count). The molecule has 0 aromatic heterocycles. The average molecular weight is 406 g/mol. The van der Waals surface area contributed by atoms with Crippen molar-refractivity contribution in [3.63, 3.8) is 0 Å². The lowest BCUT2D eigenvalue weighted by Crippen LogP contribution is -2.34. The summed E-state index contributed by atoms with van der Waals surface area (Å²) in [5.74, 6) is -0.343. The highest BCUT2D eigenvalue weighted by Gasteiger charge is 2.28. The molecule has 0 spiro atoms. The number of anilines is 1. The van der Waals surface area contributed by atoms with E-state index in [9.17, 15) is 9.59 Å². The third-order valence-corrected chi connectivity index (χ3v) is 5.52. The highest BCUT2D eigenvalue weighted by Crippen LogP contribution is 2.23. The standard InChI is InChI=1S/C21H28ClN3O3/c1-2-3-7-15-8-9-16(12-18(15)22)23-21(27)24-19-14-28-20(26)17(19)13-25-10-5-4-6-11-25/h8-9,12H,2-7,10-11,13-14H2,1H3,(H2,23,24,27). The first-order chi connectivity index (χ1) is 13.6. The Kier molecular flexibility index (Phi) is 7.34. The van der Waals surface area contributed by atoms with Crippen LogP contribution in [0, 0.1) is 0 Å². The summed E-state index contributed by atoms with van der Waals surface area (Å²) in [6, 6.07) is 5.14. The van der Waals surface area contributed by atoms with Crippen LogP contribution in [-0.2, 0) is 16.0 Å². The lowest BCUT2D eigenvalue weighted by molar-refractivity contribution is -0.136. The van der Waals surface area contributed by atoms with E-state index in [0.717, 1.165) is 50.8 Å². The molecule has 2 aliphatic heterocycles. The predicted octanol–water partition coefficient (Wildman–Crippen LogP) is 4.10. The third kappa shape index (κ3) is 5.49. The second-order valence-corrected chi connectivity index (χ2v) is 7.77. The van der Waals surface area contributed by atoms with Gasteiger partial charge in [0.2, 0.25) is 0 Å². The number of benzene rings is 1. The van der Waals surface area contributed by atoms with E-state index in [1.165, 1.54) is 6.42 Å². The van der Waals surface area contributed by atoms with Crippen molar-refractivity contribution < 1.29 is 14.3 Å². The molecule has 0 atom stereocenters. The molecule has 0 unspecified atom stereocenters. The number of ether oxygens (including phenoxy) is 1. The summed E-state index contributed by atoms with van der Waals surface area (Å²) in [5, 5.41) is 6.21. The van der Waals surface area contributed by atoms with Gasteiger partial charge in [0.1, 0.15) is 6.61 Å². The quantitative estimate of drug-likeness (QED) is 0.670. The molecule has 1 aromatic rings. The third-order valence-electron chi connectivity index (χ3n) is 5.16. The van der Waals surface area contributed by atoms with E-state index in [0.29, 0.717) is 28.5 Å². The molecule has 0 radical (unpaired) electrons. The predicted molar refractivity (Wildman–Crippen MR) is 110 cm³/mol. The van der Waals surface area contributed by atoms with Gasteiger partial charge in [0, 0.05) is 17.3 Å². The van der Waals surface area contributed by atoms with Crippen LogP contribution in [0.1, 0.15) is 44.6 Å². The Labute approximate surface area is 171 Å². The van der Waals surface area contributed by atoms with Gasteiger partial charge in [-0.15, -0.1) is 0 Å². The largest absolute Gasteiger partial charge is 0.456 e. The number of aryl methyl sites for hydroxylation is 1. The van der Waals surface area contributed by atoms with Gasteiger partial charge in [0.15, 0.2) is 0 Å². The molecule has 7 heteroatoms. The van der Waals surface area contributed by atoms with Crippen LogP contribution < -0.4 is 10.6 Å². The lowest BCUT2D eigenvalue weighted by Gasteiger charge is -2.26. The van der Waals surface area contributed by atoms with Gasteiger partial charge in [-0.2, -0.15) is 0 Å². The van der Waals surface area contributed by atoms with Crippen molar-refractivity contribution in [2.75, 3.05) is 31.6 Å². The molecule has 2 heterocycles. The number of amides is 2. The summed E-state index contributed by atoms with van der Waals surface area (Å²) in [5.41, 5.74) is 2.78. The molecular formula is C21H28ClN3O3. The maximum Gasteiger partial charge on any atom is 0.337 e. The Balaban J connectivity index is 1.61. The molecule has 1 saturated heterocycles. The van der Waals surface area contributed by atoms with Crippen molar-refractivity contribution in [1.82, 2.24) is 10.2 Å². The highest BCUT2D eigenvalue weighted by molar-refractivity contribution is 6.31. The number of unbranched alkanes of at least 4 members (excludes halogenated alkanes) is 1. The summed E-state index contributed by atoms with van der Waals surface area (Å²) in [4.78, 5) is 26.7. The Hall–Kier alpha value is -2.05. The minimum Gasteiger partial charge on any atom is -0.456 e. The first-order valence-corrected chi connectivity index (χ1v) is 10.4. The summed E-state index contributed by atoms with van der Waals surface area (Å²) < 4.78 is 5.14. The van der Waals surface area contributed by atoms with Gasteiger partial charge < -0.3 is 15.4 Å². The van der Waals surface area contributed by atoms with E-state index in [-0.39, 0.29) is 12.6 Å². The van der Waals surface area contributed by atoms with E-state index in [4.69, 9.17) is 16.3 Å². The van der Waals surface area contributed by atoms with Crippen LogP contribution in [0.3, 0.4) is 0 Å². The van der Waals surface area contributed by atoms with E-state index in [1.54, 1.807) is 6.07 Å². The Bertz CT molecular complexity index is 757. The second kappa shape index (κ2) is 9.94. The Morgan fingerprint density at radius 2 is 2.00 bits per heavy atom. The van der Waals surface area contributed by atoms with Crippen molar-refractivity contribution in [3.8, 4) is 0 Å². The number of carbonyl (C=O) groups excluding carboxylic acids is 2. The molecule has 2 amide bonds. The van der Waals surface area contributed by atoms with Crippen LogP contribution in [0.4, 0.5) is 10.5 Å².